The van der Waals surface area contributed by atoms with Crippen LogP contribution in [0.5, 0.6) is 0 Å². The molecule has 0 bridgehead atoms. The van der Waals surface area contributed by atoms with E-state index in [1.165, 1.54) is 5.56 Å². The summed E-state index contributed by atoms with van der Waals surface area (Å²) in [5, 5.41) is 11.1. The Morgan fingerprint density at radius 2 is 1.85 bits per heavy atom. The van der Waals surface area contributed by atoms with Crippen LogP contribution in [0.15, 0.2) is 42.5 Å². The molecule has 20 heavy (non-hydrogen) atoms. The predicted molar refractivity (Wildman–Crippen MR) is 82.3 cm³/mol. The van der Waals surface area contributed by atoms with E-state index in [2.05, 4.69) is 0 Å². The van der Waals surface area contributed by atoms with Crippen molar-refractivity contribution in [2.75, 3.05) is 13.7 Å². The van der Waals surface area contributed by atoms with Crippen LogP contribution in [0.4, 0.5) is 0 Å². The second kappa shape index (κ2) is 6.89. The lowest BCUT2D eigenvalue weighted by Gasteiger charge is -2.15. The Labute approximate surface area is 125 Å². The fourth-order valence-electron chi connectivity index (χ4n) is 2.17. The van der Waals surface area contributed by atoms with Crippen molar-refractivity contribution in [1.29, 1.82) is 0 Å². The molecule has 1 unspecified atom stereocenters. The quantitative estimate of drug-likeness (QED) is 0.904. The number of ether oxygens (including phenoxy) is 1. The summed E-state index contributed by atoms with van der Waals surface area (Å²) < 4.78 is 5.06. The molecule has 0 fully saturated rings. The number of aryl methyl sites for hydroxylation is 1. The molecule has 3 heteroatoms. The lowest BCUT2D eigenvalue weighted by Crippen LogP contribution is -2.02. The van der Waals surface area contributed by atoms with E-state index in [1.54, 1.807) is 7.11 Å². The average Bonchev–Trinajstić information content (AvgIpc) is 2.47. The Balaban J connectivity index is 2.20. The predicted octanol–water partition coefficient (Wildman–Crippen LogP) is 3.92. The van der Waals surface area contributed by atoms with Crippen LogP contribution in [0.1, 0.15) is 28.4 Å². The minimum absolute atomic E-state index is 0.640. The molecule has 2 aromatic rings. The van der Waals surface area contributed by atoms with E-state index in [9.17, 15) is 5.11 Å². The van der Waals surface area contributed by atoms with Crippen LogP contribution < -0.4 is 0 Å². The summed E-state index contributed by atoms with van der Waals surface area (Å²) in [7, 11) is 1.69. The fraction of sp³-hybridized carbons (Fsp3) is 0.294. The molecule has 0 amide bonds. The molecule has 2 rings (SSSR count). The largest absolute Gasteiger partial charge is 0.384 e. The highest BCUT2D eigenvalue weighted by Crippen LogP contribution is 2.27. The Morgan fingerprint density at radius 3 is 2.50 bits per heavy atom. The average molecular weight is 291 g/mol. The van der Waals surface area contributed by atoms with Gasteiger partial charge in [-0.05, 0) is 47.7 Å². The van der Waals surface area contributed by atoms with Gasteiger partial charge in [0, 0.05) is 12.1 Å². The highest BCUT2D eigenvalue weighted by Gasteiger charge is 2.13. The van der Waals surface area contributed by atoms with Gasteiger partial charge in [0.1, 0.15) is 6.10 Å². The van der Waals surface area contributed by atoms with E-state index in [1.807, 2.05) is 49.4 Å². The van der Waals surface area contributed by atoms with Gasteiger partial charge in [0.25, 0.3) is 0 Å². The van der Waals surface area contributed by atoms with Crippen LogP contribution in [0.25, 0.3) is 0 Å². The summed E-state index contributed by atoms with van der Waals surface area (Å²) in [5.41, 5.74) is 3.95. The summed E-state index contributed by atoms with van der Waals surface area (Å²) in [6.07, 6.45) is 0.230. The number of rotatable bonds is 5. The number of hydrogen-bond donors (Lipinski definition) is 1. The maximum absolute atomic E-state index is 10.5. The molecule has 1 atom stereocenters. The van der Waals surface area contributed by atoms with Crippen molar-refractivity contribution in [3.05, 3.63) is 69.7 Å². The number of halogens is 1. The van der Waals surface area contributed by atoms with Gasteiger partial charge in [-0.15, -0.1) is 0 Å². The van der Waals surface area contributed by atoms with Gasteiger partial charge in [0.15, 0.2) is 0 Å². The second-order valence-corrected chi connectivity index (χ2v) is 5.32. The molecule has 2 aromatic carbocycles. The van der Waals surface area contributed by atoms with Gasteiger partial charge < -0.3 is 9.84 Å². The molecular weight excluding hydrogens is 272 g/mol. The van der Waals surface area contributed by atoms with Crippen molar-refractivity contribution in [2.24, 2.45) is 0 Å². The highest BCUT2D eigenvalue weighted by atomic mass is 35.5. The highest BCUT2D eigenvalue weighted by molar-refractivity contribution is 6.30. The van der Waals surface area contributed by atoms with Gasteiger partial charge in [0.05, 0.1) is 6.61 Å². The van der Waals surface area contributed by atoms with Crippen molar-refractivity contribution >= 4 is 11.6 Å². The van der Waals surface area contributed by atoms with Crippen molar-refractivity contribution < 1.29 is 9.84 Å². The zero-order chi connectivity index (χ0) is 14.5. The standard InChI is InChI=1S/C17H19ClO2/c1-12-3-8-15(18)11-16(12)17(19)14-6-4-13(5-7-14)9-10-20-2/h3-8,11,17,19H,9-10H2,1-2H3. The molecule has 0 aliphatic rings. The summed E-state index contributed by atoms with van der Waals surface area (Å²) in [4.78, 5) is 0. The van der Waals surface area contributed by atoms with Crippen LogP contribution in [-0.2, 0) is 11.2 Å². The van der Waals surface area contributed by atoms with E-state index < -0.39 is 6.10 Å². The smallest absolute Gasteiger partial charge is 0.104 e. The monoisotopic (exact) mass is 290 g/mol. The van der Waals surface area contributed by atoms with Gasteiger partial charge in [-0.3, -0.25) is 0 Å². The van der Waals surface area contributed by atoms with Crippen LogP contribution in [0, 0.1) is 6.92 Å². The molecule has 106 valence electrons. The number of benzene rings is 2. The first-order chi connectivity index (χ1) is 9.61. The Hall–Kier alpha value is -1.35. The van der Waals surface area contributed by atoms with Crippen LogP contribution in [-0.4, -0.2) is 18.8 Å². The zero-order valence-corrected chi connectivity index (χ0v) is 12.5. The first-order valence-corrected chi connectivity index (χ1v) is 7.01. The number of methoxy groups -OCH3 is 1. The van der Waals surface area contributed by atoms with Gasteiger partial charge in [-0.25, -0.2) is 0 Å². The second-order valence-electron chi connectivity index (χ2n) is 4.89. The molecule has 1 N–H and O–H groups in total. The fourth-order valence-corrected chi connectivity index (χ4v) is 2.35. The van der Waals surface area contributed by atoms with Gasteiger partial charge in [0.2, 0.25) is 0 Å². The lowest BCUT2D eigenvalue weighted by atomic mass is 9.96. The van der Waals surface area contributed by atoms with Crippen molar-refractivity contribution in [3.8, 4) is 0 Å². The van der Waals surface area contributed by atoms with Crippen molar-refractivity contribution in [2.45, 2.75) is 19.4 Å². The SMILES string of the molecule is COCCc1ccc(C(O)c2cc(Cl)ccc2C)cc1. The molecule has 0 saturated heterocycles. The molecule has 0 aliphatic heterocycles. The molecular formula is C17H19ClO2. The van der Waals surface area contributed by atoms with Crippen LogP contribution in [0.3, 0.4) is 0 Å². The first kappa shape index (κ1) is 15.0. The summed E-state index contributed by atoms with van der Waals surface area (Å²) in [5.74, 6) is 0. The number of hydrogen-bond acceptors (Lipinski definition) is 2. The molecule has 0 saturated carbocycles. The van der Waals surface area contributed by atoms with E-state index in [-0.39, 0.29) is 0 Å². The van der Waals surface area contributed by atoms with Crippen LogP contribution in [0.2, 0.25) is 5.02 Å². The zero-order valence-electron chi connectivity index (χ0n) is 11.8. The third kappa shape index (κ3) is 3.60. The van der Waals surface area contributed by atoms with Crippen molar-refractivity contribution in [3.63, 3.8) is 0 Å². The maximum atomic E-state index is 10.5. The van der Waals surface area contributed by atoms with E-state index in [0.29, 0.717) is 11.6 Å². The minimum Gasteiger partial charge on any atom is -0.384 e. The van der Waals surface area contributed by atoms with E-state index >= 15 is 0 Å². The summed E-state index contributed by atoms with van der Waals surface area (Å²) in [6, 6.07) is 13.5. The molecule has 0 heterocycles. The van der Waals surface area contributed by atoms with E-state index in [4.69, 9.17) is 16.3 Å². The lowest BCUT2D eigenvalue weighted by molar-refractivity contribution is 0.202. The Bertz CT molecular complexity index is 564. The summed E-state index contributed by atoms with van der Waals surface area (Å²) >= 11 is 6.01. The summed E-state index contributed by atoms with van der Waals surface area (Å²) in [6.45, 7) is 2.68. The molecule has 2 nitrogen and oxygen atoms in total. The maximum Gasteiger partial charge on any atom is 0.104 e. The number of aliphatic hydroxyl groups excluding tert-OH is 1. The first-order valence-electron chi connectivity index (χ1n) is 6.63. The molecule has 0 aliphatic carbocycles. The minimum atomic E-state index is -0.648. The molecule has 0 radical (unpaired) electrons. The molecule has 0 aromatic heterocycles. The van der Waals surface area contributed by atoms with E-state index in [0.717, 1.165) is 23.1 Å². The number of aliphatic hydroxyl groups is 1. The van der Waals surface area contributed by atoms with Gasteiger partial charge in [-0.2, -0.15) is 0 Å². The topological polar surface area (TPSA) is 29.5 Å². The normalized spacial score (nSPS) is 12.4. The third-order valence-corrected chi connectivity index (χ3v) is 3.66. The van der Waals surface area contributed by atoms with Crippen molar-refractivity contribution in [1.82, 2.24) is 0 Å². The third-order valence-electron chi connectivity index (χ3n) is 3.43. The van der Waals surface area contributed by atoms with Gasteiger partial charge >= 0.3 is 0 Å². The van der Waals surface area contributed by atoms with Crippen LogP contribution >= 0.6 is 11.6 Å². The molecule has 0 spiro atoms. The Kier molecular flexibility index (Phi) is 5.18. The Morgan fingerprint density at radius 1 is 1.15 bits per heavy atom. The van der Waals surface area contributed by atoms with Gasteiger partial charge in [-0.1, -0.05) is 41.9 Å².